The summed E-state index contributed by atoms with van der Waals surface area (Å²) in [4.78, 5) is 0. The van der Waals surface area contributed by atoms with Gasteiger partial charge < -0.3 is 5.11 Å². The summed E-state index contributed by atoms with van der Waals surface area (Å²) in [5.41, 5.74) is 1.10. The summed E-state index contributed by atoms with van der Waals surface area (Å²) in [5.74, 6) is 2.13. The van der Waals surface area contributed by atoms with Gasteiger partial charge in [-0.05, 0) is 42.7 Å². The Hall–Kier alpha value is -0.980. The molecule has 0 aliphatic heterocycles. The molecule has 0 radical (unpaired) electrons. The van der Waals surface area contributed by atoms with Crippen LogP contribution in [0.4, 0.5) is 0 Å². The number of hydrogen-bond acceptors (Lipinski definition) is 1. The van der Waals surface area contributed by atoms with Crippen LogP contribution in [-0.4, -0.2) is 5.11 Å². The molecule has 1 heteroatoms. The number of para-hydroxylation sites is 1. The Bertz CT molecular complexity index is 328. The molecule has 1 nitrogen and oxygen atoms in total. The Morgan fingerprint density at radius 2 is 1.56 bits per heavy atom. The van der Waals surface area contributed by atoms with Gasteiger partial charge in [0.15, 0.2) is 0 Å². The van der Waals surface area contributed by atoms with Crippen LogP contribution < -0.4 is 0 Å². The molecule has 0 amide bonds. The first-order valence-corrected chi connectivity index (χ1v) is 7.48. The van der Waals surface area contributed by atoms with E-state index < -0.39 is 0 Å². The lowest BCUT2D eigenvalue weighted by atomic mass is 9.85. The molecular weight excluding hydrogens is 220 g/mol. The predicted octanol–water partition coefficient (Wildman–Crippen LogP) is 5.18. The second kappa shape index (κ2) is 8.18. The van der Waals surface area contributed by atoms with E-state index in [0.29, 0.717) is 5.75 Å². The fourth-order valence-electron chi connectivity index (χ4n) is 2.66. The SMILES string of the molecule is CCC(CC)CC(CC)CCc1ccccc1O. The van der Waals surface area contributed by atoms with E-state index in [1.54, 1.807) is 6.07 Å². The molecular formula is C17H28O. The molecule has 1 aromatic rings. The maximum atomic E-state index is 9.77. The van der Waals surface area contributed by atoms with Crippen molar-refractivity contribution in [3.63, 3.8) is 0 Å². The zero-order valence-corrected chi connectivity index (χ0v) is 12.2. The molecule has 102 valence electrons. The number of benzene rings is 1. The van der Waals surface area contributed by atoms with Gasteiger partial charge in [0.1, 0.15) is 5.75 Å². The van der Waals surface area contributed by atoms with Crippen molar-refractivity contribution in [3.8, 4) is 5.75 Å². The van der Waals surface area contributed by atoms with E-state index in [1.807, 2.05) is 18.2 Å². The number of aryl methyl sites for hydroxylation is 1. The summed E-state index contributed by atoms with van der Waals surface area (Å²) in [6.07, 6.45) is 7.39. The highest BCUT2D eigenvalue weighted by Crippen LogP contribution is 2.26. The molecule has 18 heavy (non-hydrogen) atoms. The first-order valence-electron chi connectivity index (χ1n) is 7.48. The summed E-state index contributed by atoms with van der Waals surface area (Å²) >= 11 is 0. The van der Waals surface area contributed by atoms with Gasteiger partial charge in [-0.1, -0.05) is 58.2 Å². The molecule has 0 aromatic heterocycles. The molecule has 1 N–H and O–H groups in total. The topological polar surface area (TPSA) is 20.2 Å². The molecule has 0 fully saturated rings. The Kier molecular flexibility index (Phi) is 6.85. The molecule has 1 aromatic carbocycles. The van der Waals surface area contributed by atoms with Crippen LogP contribution in [0, 0.1) is 11.8 Å². The minimum Gasteiger partial charge on any atom is -0.508 e. The van der Waals surface area contributed by atoms with Crippen molar-refractivity contribution in [2.24, 2.45) is 11.8 Å². The maximum absolute atomic E-state index is 9.77. The number of aromatic hydroxyl groups is 1. The van der Waals surface area contributed by atoms with E-state index in [-0.39, 0.29) is 0 Å². The molecule has 0 saturated carbocycles. The third-order valence-electron chi connectivity index (χ3n) is 4.21. The molecule has 0 aliphatic rings. The summed E-state index contributed by atoms with van der Waals surface area (Å²) in [5, 5.41) is 9.77. The minimum atomic E-state index is 0.454. The highest BCUT2D eigenvalue weighted by Gasteiger charge is 2.13. The van der Waals surface area contributed by atoms with Gasteiger partial charge in [0.05, 0.1) is 0 Å². The number of phenols is 1. The molecule has 1 atom stereocenters. The molecule has 0 bridgehead atoms. The van der Waals surface area contributed by atoms with Gasteiger partial charge >= 0.3 is 0 Å². The summed E-state index contributed by atoms with van der Waals surface area (Å²) < 4.78 is 0. The zero-order valence-electron chi connectivity index (χ0n) is 12.2. The molecule has 1 unspecified atom stereocenters. The Balaban J connectivity index is 2.47. The molecule has 0 heterocycles. The summed E-state index contributed by atoms with van der Waals surface area (Å²) in [6.45, 7) is 6.88. The van der Waals surface area contributed by atoms with Crippen LogP contribution in [0.3, 0.4) is 0 Å². The predicted molar refractivity (Wildman–Crippen MR) is 78.9 cm³/mol. The van der Waals surface area contributed by atoms with Crippen molar-refractivity contribution < 1.29 is 5.11 Å². The third kappa shape index (κ3) is 4.72. The molecule has 0 aliphatic carbocycles. The molecule has 0 spiro atoms. The van der Waals surface area contributed by atoms with E-state index in [0.717, 1.165) is 23.8 Å². The van der Waals surface area contributed by atoms with Crippen molar-refractivity contribution in [3.05, 3.63) is 29.8 Å². The average Bonchev–Trinajstić information content (AvgIpc) is 2.41. The van der Waals surface area contributed by atoms with Crippen molar-refractivity contribution in [2.45, 2.75) is 59.3 Å². The first-order chi connectivity index (χ1) is 8.71. The highest BCUT2D eigenvalue weighted by molar-refractivity contribution is 5.31. The number of hydrogen-bond donors (Lipinski definition) is 1. The van der Waals surface area contributed by atoms with Gasteiger partial charge in [-0.2, -0.15) is 0 Å². The van der Waals surface area contributed by atoms with Gasteiger partial charge in [-0.15, -0.1) is 0 Å². The monoisotopic (exact) mass is 248 g/mol. The van der Waals surface area contributed by atoms with Gasteiger partial charge in [0.2, 0.25) is 0 Å². The molecule has 0 saturated heterocycles. The molecule has 1 rings (SSSR count). The van der Waals surface area contributed by atoms with E-state index in [1.165, 1.54) is 32.1 Å². The quantitative estimate of drug-likeness (QED) is 0.672. The highest BCUT2D eigenvalue weighted by atomic mass is 16.3. The summed E-state index contributed by atoms with van der Waals surface area (Å²) in [7, 11) is 0. The van der Waals surface area contributed by atoms with E-state index in [2.05, 4.69) is 20.8 Å². The third-order valence-corrected chi connectivity index (χ3v) is 4.21. The second-order valence-corrected chi connectivity index (χ2v) is 5.36. The Morgan fingerprint density at radius 3 is 2.11 bits per heavy atom. The average molecular weight is 248 g/mol. The van der Waals surface area contributed by atoms with Gasteiger partial charge in [-0.3, -0.25) is 0 Å². The van der Waals surface area contributed by atoms with Crippen molar-refractivity contribution in [1.82, 2.24) is 0 Å². The Morgan fingerprint density at radius 1 is 0.944 bits per heavy atom. The van der Waals surface area contributed by atoms with Crippen LogP contribution in [0.25, 0.3) is 0 Å². The smallest absolute Gasteiger partial charge is 0.118 e. The van der Waals surface area contributed by atoms with Crippen LogP contribution in [0.5, 0.6) is 5.75 Å². The second-order valence-electron chi connectivity index (χ2n) is 5.36. The fourth-order valence-corrected chi connectivity index (χ4v) is 2.66. The lowest BCUT2D eigenvalue weighted by Gasteiger charge is -2.20. The van der Waals surface area contributed by atoms with Gasteiger partial charge in [0.25, 0.3) is 0 Å². The van der Waals surface area contributed by atoms with Crippen LogP contribution >= 0.6 is 0 Å². The van der Waals surface area contributed by atoms with Gasteiger partial charge in [0, 0.05) is 0 Å². The largest absolute Gasteiger partial charge is 0.508 e. The maximum Gasteiger partial charge on any atom is 0.118 e. The Labute approximate surface area is 112 Å². The lowest BCUT2D eigenvalue weighted by molar-refractivity contribution is 0.328. The normalized spacial score (nSPS) is 12.9. The van der Waals surface area contributed by atoms with Crippen LogP contribution in [-0.2, 0) is 6.42 Å². The van der Waals surface area contributed by atoms with Crippen molar-refractivity contribution in [1.29, 1.82) is 0 Å². The number of rotatable bonds is 8. The zero-order chi connectivity index (χ0) is 13.4. The van der Waals surface area contributed by atoms with E-state index in [9.17, 15) is 5.11 Å². The van der Waals surface area contributed by atoms with Crippen molar-refractivity contribution in [2.75, 3.05) is 0 Å². The number of phenolic OH excluding ortho intramolecular Hbond substituents is 1. The van der Waals surface area contributed by atoms with Crippen LogP contribution in [0.15, 0.2) is 24.3 Å². The van der Waals surface area contributed by atoms with Gasteiger partial charge in [-0.25, -0.2) is 0 Å². The standard InChI is InChI=1S/C17H28O/c1-4-14(5-2)13-15(6-3)11-12-16-9-7-8-10-17(16)18/h7-10,14-15,18H,4-6,11-13H2,1-3H3. The minimum absolute atomic E-state index is 0.454. The lowest BCUT2D eigenvalue weighted by Crippen LogP contribution is -2.08. The van der Waals surface area contributed by atoms with Crippen LogP contribution in [0.1, 0.15) is 58.4 Å². The van der Waals surface area contributed by atoms with E-state index >= 15 is 0 Å². The van der Waals surface area contributed by atoms with Crippen molar-refractivity contribution >= 4 is 0 Å². The summed E-state index contributed by atoms with van der Waals surface area (Å²) in [6, 6.07) is 7.73. The first kappa shape index (κ1) is 15.1. The van der Waals surface area contributed by atoms with Crippen LogP contribution in [0.2, 0.25) is 0 Å². The fraction of sp³-hybridized carbons (Fsp3) is 0.647. The van der Waals surface area contributed by atoms with E-state index in [4.69, 9.17) is 0 Å².